The first kappa shape index (κ1) is 22.5. The van der Waals surface area contributed by atoms with Gasteiger partial charge in [-0.25, -0.2) is 0 Å². The predicted molar refractivity (Wildman–Crippen MR) is 127 cm³/mol. The van der Waals surface area contributed by atoms with Gasteiger partial charge in [0.25, 0.3) is 0 Å². The molecule has 166 valence electrons. The van der Waals surface area contributed by atoms with Crippen LogP contribution in [0, 0.1) is 0 Å². The van der Waals surface area contributed by atoms with E-state index in [1.165, 1.54) is 0 Å². The van der Waals surface area contributed by atoms with Crippen LogP contribution in [0.2, 0.25) is 0 Å². The van der Waals surface area contributed by atoms with Crippen molar-refractivity contribution in [1.29, 1.82) is 0 Å². The number of rotatable bonds is 7. The van der Waals surface area contributed by atoms with Gasteiger partial charge in [0.1, 0.15) is 10.4 Å². The van der Waals surface area contributed by atoms with Crippen molar-refractivity contribution in [3.05, 3.63) is 83.7 Å². The fourth-order valence-electron chi connectivity index (χ4n) is 3.56. The minimum absolute atomic E-state index is 0.124. The summed E-state index contributed by atoms with van der Waals surface area (Å²) in [7, 11) is 0. The van der Waals surface area contributed by atoms with Crippen LogP contribution in [-0.4, -0.2) is 24.5 Å². The summed E-state index contributed by atoms with van der Waals surface area (Å²) in [5, 5.41) is 14.8. The molecule has 2 aromatic carbocycles. The summed E-state index contributed by atoms with van der Waals surface area (Å²) in [5.41, 5.74) is 4.76. The number of benzene rings is 2. The number of aliphatic hydroxyl groups is 1. The first-order valence-electron chi connectivity index (χ1n) is 10.5. The number of aliphatic hydroxyl groups excluding tert-OH is 1. The van der Waals surface area contributed by atoms with Crippen LogP contribution in [0.25, 0.3) is 22.2 Å². The van der Waals surface area contributed by atoms with Crippen molar-refractivity contribution < 1.29 is 14.2 Å². The molecule has 0 radical (unpaired) electrons. The average Bonchev–Trinajstić information content (AvgIpc) is 3.22. The SMILES string of the molecule is CC(C)(C)[S+]([O-])NC(Cc1cccc(CO)n1)c1ccccc1-c1noc2ccccc12. The topological polar surface area (TPSA) is 94.2 Å². The van der Waals surface area contributed by atoms with E-state index in [-0.39, 0.29) is 12.6 Å². The summed E-state index contributed by atoms with van der Waals surface area (Å²) in [6.45, 7) is 5.69. The second kappa shape index (κ2) is 9.42. The molecule has 7 heteroatoms. The molecular formula is C25H27N3O3S. The lowest BCUT2D eigenvalue weighted by Crippen LogP contribution is -2.42. The van der Waals surface area contributed by atoms with Gasteiger partial charge in [-0.05, 0) is 50.6 Å². The number of para-hydroxylation sites is 1. The molecule has 6 nitrogen and oxygen atoms in total. The lowest BCUT2D eigenvalue weighted by atomic mass is 9.94. The zero-order valence-electron chi connectivity index (χ0n) is 18.4. The Morgan fingerprint density at radius 2 is 1.72 bits per heavy atom. The molecule has 32 heavy (non-hydrogen) atoms. The monoisotopic (exact) mass is 449 g/mol. The molecule has 0 spiro atoms. The summed E-state index contributed by atoms with van der Waals surface area (Å²) in [6.07, 6.45) is 0.502. The Morgan fingerprint density at radius 3 is 2.50 bits per heavy atom. The number of fused-ring (bicyclic) bond motifs is 1. The molecule has 0 aliphatic rings. The summed E-state index contributed by atoms with van der Waals surface area (Å²) < 4.78 is 21.5. The van der Waals surface area contributed by atoms with Crippen molar-refractivity contribution in [1.82, 2.24) is 14.9 Å². The number of nitrogens with one attached hydrogen (secondary N) is 1. The van der Waals surface area contributed by atoms with E-state index in [1.54, 1.807) is 6.07 Å². The zero-order chi connectivity index (χ0) is 22.7. The zero-order valence-corrected chi connectivity index (χ0v) is 19.2. The Balaban J connectivity index is 1.79. The van der Waals surface area contributed by atoms with Crippen LogP contribution in [0.3, 0.4) is 0 Å². The van der Waals surface area contributed by atoms with Crippen molar-refractivity contribution in [2.75, 3.05) is 0 Å². The fourth-order valence-corrected chi connectivity index (χ4v) is 4.38. The van der Waals surface area contributed by atoms with Crippen molar-refractivity contribution in [3.8, 4) is 11.3 Å². The third kappa shape index (κ3) is 4.86. The van der Waals surface area contributed by atoms with Gasteiger partial charge in [-0.2, -0.15) is 0 Å². The van der Waals surface area contributed by atoms with Gasteiger partial charge < -0.3 is 14.2 Å². The maximum absolute atomic E-state index is 13.1. The van der Waals surface area contributed by atoms with Gasteiger partial charge in [0.15, 0.2) is 5.58 Å². The Kier molecular flexibility index (Phi) is 6.62. The van der Waals surface area contributed by atoms with E-state index in [4.69, 9.17) is 4.52 Å². The molecule has 0 amide bonds. The molecule has 0 aliphatic carbocycles. The highest BCUT2D eigenvalue weighted by atomic mass is 32.2. The van der Waals surface area contributed by atoms with Gasteiger partial charge in [-0.1, -0.05) is 47.6 Å². The Morgan fingerprint density at radius 1 is 1.00 bits per heavy atom. The van der Waals surface area contributed by atoms with Gasteiger partial charge in [0.2, 0.25) is 0 Å². The minimum Gasteiger partial charge on any atom is -0.598 e. The first-order chi connectivity index (χ1) is 15.4. The molecule has 2 atom stereocenters. The normalized spacial score (nSPS) is 13.9. The number of hydrogen-bond donors (Lipinski definition) is 2. The molecule has 2 unspecified atom stereocenters. The fraction of sp³-hybridized carbons (Fsp3) is 0.280. The van der Waals surface area contributed by atoms with E-state index >= 15 is 0 Å². The first-order valence-corrected chi connectivity index (χ1v) is 11.7. The van der Waals surface area contributed by atoms with Crippen molar-refractivity contribution in [2.24, 2.45) is 0 Å². The average molecular weight is 450 g/mol. The number of hydrogen-bond acceptors (Lipinski definition) is 6. The predicted octanol–water partition coefficient (Wildman–Crippen LogP) is 4.72. The number of nitrogens with zero attached hydrogens (tertiary/aromatic N) is 2. The van der Waals surface area contributed by atoms with Crippen LogP contribution < -0.4 is 4.72 Å². The van der Waals surface area contributed by atoms with Crippen molar-refractivity contribution >= 4 is 22.3 Å². The maximum Gasteiger partial charge on any atom is 0.167 e. The molecule has 2 heterocycles. The third-order valence-electron chi connectivity index (χ3n) is 5.21. The van der Waals surface area contributed by atoms with Gasteiger partial charge in [-0.15, -0.1) is 4.72 Å². The van der Waals surface area contributed by atoms with E-state index in [9.17, 15) is 9.66 Å². The standard InChI is InChI=1S/C25H27N3O3S/c1-25(2,3)32(30)28-22(15-17-9-8-10-18(16-29)26-17)19-11-4-5-12-20(19)24-21-13-6-7-14-23(21)31-27-24/h4-14,22,28-29H,15-16H2,1-3H3. The van der Waals surface area contributed by atoms with Crippen LogP contribution in [0.5, 0.6) is 0 Å². The molecule has 0 aliphatic heterocycles. The quantitative estimate of drug-likeness (QED) is 0.397. The minimum atomic E-state index is -1.30. The van der Waals surface area contributed by atoms with E-state index in [0.29, 0.717) is 12.1 Å². The molecule has 0 saturated carbocycles. The Hall–Kier alpha value is -2.71. The smallest absolute Gasteiger partial charge is 0.167 e. The molecule has 2 N–H and O–H groups in total. The highest BCUT2D eigenvalue weighted by molar-refractivity contribution is 7.90. The van der Waals surface area contributed by atoms with Crippen LogP contribution in [-0.2, 0) is 24.4 Å². The second-order valence-corrected chi connectivity index (χ2v) is 10.6. The molecule has 0 fully saturated rings. The lowest BCUT2D eigenvalue weighted by molar-refractivity contribution is 0.276. The highest BCUT2D eigenvalue weighted by Gasteiger charge is 2.31. The van der Waals surface area contributed by atoms with Crippen LogP contribution >= 0.6 is 0 Å². The molecule has 2 aromatic heterocycles. The third-order valence-corrected chi connectivity index (χ3v) is 6.82. The summed E-state index contributed by atoms with van der Waals surface area (Å²) in [4.78, 5) is 4.55. The molecule has 4 rings (SSSR count). The maximum atomic E-state index is 13.1. The molecule has 0 saturated heterocycles. The number of pyridine rings is 1. The Bertz CT molecular complexity index is 1200. The van der Waals surface area contributed by atoms with Gasteiger partial charge in [0, 0.05) is 34.4 Å². The Labute approximate surface area is 191 Å². The van der Waals surface area contributed by atoms with E-state index in [1.807, 2.05) is 81.4 Å². The van der Waals surface area contributed by atoms with Crippen LogP contribution in [0.15, 0.2) is 71.3 Å². The molecular weight excluding hydrogens is 422 g/mol. The van der Waals surface area contributed by atoms with Crippen LogP contribution in [0.4, 0.5) is 0 Å². The molecule has 0 bridgehead atoms. The van der Waals surface area contributed by atoms with Gasteiger partial charge >= 0.3 is 0 Å². The van der Waals surface area contributed by atoms with Crippen molar-refractivity contribution in [3.63, 3.8) is 0 Å². The summed E-state index contributed by atoms with van der Waals surface area (Å²) in [5.74, 6) is 0. The van der Waals surface area contributed by atoms with Crippen LogP contribution in [0.1, 0.15) is 43.8 Å². The highest BCUT2D eigenvalue weighted by Crippen LogP contribution is 2.34. The molecule has 4 aromatic rings. The lowest BCUT2D eigenvalue weighted by Gasteiger charge is -2.29. The van der Waals surface area contributed by atoms with Gasteiger partial charge in [-0.3, -0.25) is 4.98 Å². The summed E-state index contributed by atoms with van der Waals surface area (Å²) >= 11 is -1.30. The van der Waals surface area contributed by atoms with E-state index < -0.39 is 16.1 Å². The summed E-state index contributed by atoms with van der Waals surface area (Å²) in [6, 6.07) is 21.0. The second-order valence-electron chi connectivity index (χ2n) is 8.65. The van der Waals surface area contributed by atoms with Gasteiger partial charge in [0.05, 0.1) is 18.3 Å². The largest absolute Gasteiger partial charge is 0.598 e. The van der Waals surface area contributed by atoms with E-state index in [2.05, 4.69) is 14.9 Å². The van der Waals surface area contributed by atoms with Crippen molar-refractivity contribution in [2.45, 2.75) is 44.6 Å². The van der Waals surface area contributed by atoms with E-state index in [0.717, 1.165) is 33.5 Å². The number of aromatic nitrogens is 2.